The summed E-state index contributed by atoms with van der Waals surface area (Å²) in [5.41, 5.74) is 0.201. The zero-order valence-corrected chi connectivity index (χ0v) is 14.5. The largest absolute Gasteiger partial charge is 0.277 e. The first-order valence-corrected chi connectivity index (χ1v) is 8.53. The Bertz CT molecular complexity index is 1260. The van der Waals surface area contributed by atoms with E-state index in [1.165, 1.54) is 24.3 Å². The monoisotopic (exact) mass is 391 g/mol. The van der Waals surface area contributed by atoms with Gasteiger partial charge in [0, 0.05) is 11.8 Å². The Morgan fingerprint density at radius 3 is 2.38 bits per heavy atom. The number of hydrogen-bond donors (Lipinski definition) is 0. The molecule has 0 unspecified atom stereocenters. The Kier molecular flexibility index (Phi) is 3.97. The highest BCUT2D eigenvalue weighted by Crippen LogP contribution is 2.23. The third-order valence-electron chi connectivity index (χ3n) is 3.75. The number of benzene rings is 2. The van der Waals surface area contributed by atoms with Gasteiger partial charge in [0.25, 0.3) is 5.56 Å². The van der Waals surface area contributed by atoms with E-state index in [4.69, 9.17) is 12.2 Å². The van der Waals surface area contributed by atoms with Crippen LogP contribution >= 0.6 is 23.6 Å². The summed E-state index contributed by atoms with van der Waals surface area (Å²) in [6.07, 6.45) is 1.16. The lowest BCUT2D eigenvalue weighted by Crippen LogP contribution is -2.19. The SMILES string of the molecule is O=c1c2sc(=S)n(-c3ccc(F)cc3)c2ncn1-c1ccc(F)cc1F. The average Bonchev–Trinajstić information content (AvgIpc) is 2.94. The number of fused-ring (bicyclic) bond motifs is 1. The minimum atomic E-state index is -0.880. The van der Waals surface area contributed by atoms with Crippen LogP contribution in [0.25, 0.3) is 21.7 Å². The molecule has 0 bridgehead atoms. The maximum Gasteiger partial charge on any atom is 0.277 e. The number of nitrogens with zero attached hydrogens (tertiary/aromatic N) is 3. The first kappa shape index (κ1) is 16.7. The van der Waals surface area contributed by atoms with Gasteiger partial charge in [-0.25, -0.2) is 18.2 Å². The summed E-state index contributed by atoms with van der Waals surface area (Å²) in [7, 11) is 0. The molecule has 26 heavy (non-hydrogen) atoms. The van der Waals surface area contributed by atoms with E-state index >= 15 is 0 Å². The lowest BCUT2D eigenvalue weighted by atomic mass is 10.3. The standard InChI is InChI=1S/C17H8F3N3OS2/c18-9-1-4-11(5-2-9)23-15-14(26-17(23)25)16(24)22(8-21-15)13-6-3-10(19)7-12(13)20/h1-8H. The molecule has 0 spiro atoms. The van der Waals surface area contributed by atoms with Crippen LogP contribution in [0.5, 0.6) is 0 Å². The molecule has 0 aliphatic heterocycles. The molecule has 9 heteroatoms. The summed E-state index contributed by atoms with van der Waals surface area (Å²) in [5, 5.41) is 0. The van der Waals surface area contributed by atoms with Gasteiger partial charge in [-0.1, -0.05) is 11.3 Å². The Balaban J connectivity index is 1.97. The molecule has 2 aromatic carbocycles. The van der Waals surface area contributed by atoms with E-state index in [9.17, 15) is 18.0 Å². The van der Waals surface area contributed by atoms with Crippen molar-refractivity contribution in [2.75, 3.05) is 0 Å². The lowest BCUT2D eigenvalue weighted by molar-refractivity contribution is 0.576. The van der Waals surface area contributed by atoms with Crippen molar-refractivity contribution in [2.24, 2.45) is 0 Å². The second-order valence-corrected chi connectivity index (χ2v) is 6.99. The number of rotatable bonds is 2. The third-order valence-corrected chi connectivity index (χ3v) is 5.10. The van der Waals surface area contributed by atoms with Crippen LogP contribution in [0, 0.1) is 21.4 Å². The van der Waals surface area contributed by atoms with Crippen LogP contribution < -0.4 is 5.56 Å². The van der Waals surface area contributed by atoms with Crippen LogP contribution in [-0.2, 0) is 0 Å². The Labute approximate surface area is 153 Å². The zero-order valence-electron chi connectivity index (χ0n) is 12.8. The van der Waals surface area contributed by atoms with E-state index in [-0.39, 0.29) is 16.0 Å². The summed E-state index contributed by atoms with van der Waals surface area (Å²) >= 11 is 6.32. The highest BCUT2D eigenvalue weighted by molar-refractivity contribution is 7.73. The van der Waals surface area contributed by atoms with Crippen LogP contribution in [-0.4, -0.2) is 14.1 Å². The molecule has 0 N–H and O–H groups in total. The van der Waals surface area contributed by atoms with Crippen LogP contribution in [0.4, 0.5) is 13.2 Å². The van der Waals surface area contributed by atoms with Gasteiger partial charge < -0.3 is 0 Å². The smallest absolute Gasteiger partial charge is 0.275 e. The molecular formula is C17H8F3N3OS2. The van der Waals surface area contributed by atoms with Crippen LogP contribution in [0.3, 0.4) is 0 Å². The van der Waals surface area contributed by atoms with Crippen LogP contribution in [0.1, 0.15) is 0 Å². The molecule has 2 heterocycles. The summed E-state index contributed by atoms with van der Waals surface area (Å²) < 4.78 is 43.4. The summed E-state index contributed by atoms with van der Waals surface area (Å²) in [4.78, 5) is 17.0. The molecular weight excluding hydrogens is 383 g/mol. The van der Waals surface area contributed by atoms with Crippen LogP contribution in [0.2, 0.25) is 0 Å². The van der Waals surface area contributed by atoms with Crippen molar-refractivity contribution < 1.29 is 13.2 Å². The van der Waals surface area contributed by atoms with Crippen LogP contribution in [0.15, 0.2) is 53.6 Å². The normalized spacial score (nSPS) is 11.2. The fourth-order valence-electron chi connectivity index (χ4n) is 2.56. The second-order valence-electron chi connectivity index (χ2n) is 5.35. The summed E-state index contributed by atoms with van der Waals surface area (Å²) in [6, 6.07) is 8.49. The fourth-order valence-corrected chi connectivity index (χ4v) is 3.88. The highest BCUT2D eigenvalue weighted by atomic mass is 32.1. The number of thiazole rings is 1. The molecule has 130 valence electrons. The van der Waals surface area contributed by atoms with Crippen molar-refractivity contribution in [1.82, 2.24) is 14.1 Å². The van der Waals surface area contributed by atoms with Gasteiger partial charge in [-0.3, -0.25) is 13.9 Å². The maximum atomic E-state index is 14.0. The molecule has 0 aliphatic carbocycles. The Morgan fingerprint density at radius 2 is 1.69 bits per heavy atom. The third kappa shape index (κ3) is 2.65. The van der Waals surface area contributed by atoms with E-state index in [1.807, 2.05) is 0 Å². The molecule has 4 nitrogen and oxygen atoms in total. The topological polar surface area (TPSA) is 39.8 Å². The van der Waals surface area contributed by atoms with Crippen molar-refractivity contribution >= 4 is 33.9 Å². The minimum absolute atomic E-state index is 0.113. The van der Waals surface area contributed by atoms with Crippen molar-refractivity contribution in [3.63, 3.8) is 0 Å². The van der Waals surface area contributed by atoms with Crippen molar-refractivity contribution in [3.05, 3.63) is 80.6 Å². The molecule has 0 fully saturated rings. The molecule has 0 aliphatic rings. The van der Waals surface area contributed by atoms with Gasteiger partial charge in [-0.05, 0) is 48.6 Å². The van der Waals surface area contributed by atoms with Crippen molar-refractivity contribution in [3.8, 4) is 11.4 Å². The Hall–Kier alpha value is -2.78. The predicted molar refractivity (Wildman–Crippen MR) is 95.3 cm³/mol. The highest BCUT2D eigenvalue weighted by Gasteiger charge is 2.16. The number of halogens is 3. The lowest BCUT2D eigenvalue weighted by Gasteiger charge is -2.07. The molecule has 2 aromatic heterocycles. The van der Waals surface area contributed by atoms with Crippen molar-refractivity contribution in [1.29, 1.82) is 0 Å². The van der Waals surface area contributed by atoms with E-state index < -0.39 is 23.0 Å². The minimum Gasteiger partial charge on any atom is -0.275 e. The summed E-state index contributed by atoms with van der Waals surface area (Å²) in [6.45, 7) is 0. The van der Waals surface area contributed by atoms with Gasteiger partial charge in [-0.15, -0.1) is 0 Å². The first-order chi connectivity index (χ1) is 12.5. The molecule has 0 atom stereocenters. The first-order valence-electron chi connectivity index (χ1n) is 7.30. The quantitative estimate of drug-likeness (QED) is 0.476. The molecule has 0 amide bonds. The van der Waals surface area contributed by atoms with Gasteiger partial charge in [-0.2, -0.15) is 0 Å². The molecule has 4 rings (SSSR count). The summed E-state index contributed by atoms with van der Waals surface area (Å²) in [5.74, 6) is -2.02. The number of aromatic nitrogens is 3. The van der Waals surface area contributed by atoms with Gasteiger partial charge in [0.2, 0.25) is 0 Å². The molecule has 0 radical (unpaired) electrons. The average molecular weight is 391 g/mol. The van der Waals surface area contributed by atoms with Gasteiger partial charge >= 0.3 is 0 Å². The van der Waals surface area contributed by atoms with E-state index in [1.54, 1.807) is 4.57 Å². The van der Waals surface area contributed by atoms with E-state index in [2.05, 4.69) is 4.98 Å². The predicted octanol–water partition coefficient (Wildman–Crippen LogP) is 4.38. The van der Waals surface area contributed by atoms with E-state index in [0.717, 1.165) is 34.4 Å². The van der Waals surface area contributed by atoms with E-state index in [0.29, 0.717) is 15.7 Å². The molecule has 4 aromatic rings. The number of hydrogen-bond acceptors (Lipinski definition) is 4. The van der Waals surface area contributed by atoms with Gasteiger partial charge in [0.1, 0.15) is 28.5 Å². The molecule has 0 saturated heterocycles. The van der Waals surface area contributed by atoms with Gasteiger partial charge in [0.05, 0.1) is 5.69 Å². The fraction of sp³-hybridized carbons (Fsp3) is 0. The maximum absolute atomic E-state index is 14.0. The van der Waals surface area contributed by atoms with Crippen molar-refractivity contribution in [2.45, 2.75) is 0 Å². The molecule has 0 saturated carbocycles. The van der Waals surface area contributed by atoms with Gasteiger partial charge in [0.15, 0.2) is 9.60 Å². The second kappa shape index (κ2) is 6.19. The Morgan fingerprint density at radius 1 is 1.00 bits per heavy atom. The zero-order chi connectivity index (χ0) is 18.4.